The smallest absolute Gasteiger partial charge is 0.295 e. The van der Waals surface area contributed by atoms with Crippen molar-refractivity contribution in [2.75, 3.05) is 11.6 Å². The van der Waals surface area contributed by atoms with Gasteiger partial charge in [0.05, 0.1) is 22.4 Å². The molecule has 0 amide bonds. The van der Waals surface area contributed by atoms with Crippen LogP contribution in [0.3, 0.4) is 0 Å². The Balaban J connectivity index is 3.31. The number of alkyl halides is 1. The van der Waals surface area contributed by atoms with Gasteiger partial charge in [-0.1, -0.05) is 0 Å². The molecule has 0 heterocycles. The van der Waals surface area contributed by atoms with Crippen LogP contribution < -0.4 is 5.73 Å². The van der Waals surface area contributed by atoms with Crippen LogP contribution in [0.1, 0.15) is 10.4 Å². The third-order valence-corrected chi connectivity index (χ3v) is 2.01. The van der Waals surface area contributed by atoms with Gasteiger partial charge in [-0.3, -0.25) is 14.9 Å². The van der Waals surface area contributed by atoms with E-state index in [1.165, 1.54) is 0 Å². The van der Waals surface area contributed by atoms with E-state index in [1.807, 2.05) is 0 Å². The minimum atomic E-state index is -0.746. The predicted octanol–water partition coefficient (Wildman–Crippen LogP) is 1.30. The minimum absolute atomic E-state index is 0.117. The number of phenolic OH excluding ortho intramolecular Hbond substituents is 1. The summed E-state index contributed by atoms with van der Waals surface area (Å²) in [5, 5.41) is 19.8. The number of nitrogens with zero attached hydrogens (tertiary/aromatic N) is 1. The van der Waals surface area contributed by atoms with Gasteiger partial charge >= 0.3 is 0 Å². The first kappa shape index (κ1) is 11.3. The first-order valence-corrected chi connectivity index (χ1v) is 4.37. The van der Waals surface area contributed by atoms with Crippen molar-refractivity contribution in [1.82, 2.24) is 0 Å². The van der Waals surface area contributed by atoms with Crippen LogP contribution in [0.15, 0.2) is 12.1 Å². The van der Waals surface area contributed by atoms with Gasteiger partial charge in [-0.2, -0.15) is 0 Å². The number of Topliss-reactive ketones (excluding diaryl/α,β-unsaturated/α-hetero) is 1. The molecule has 0 unspecified atom stereocenters. The Morgan fingerprint density at radius 3 is 2.67 bits per heavy atom. The molecule has 1 rings (SSSR count). The zero-order chi connectivity index (χ0) is 11.6. The van der Waals surface area contributed by atoms with Crippen molar-refractivity contribution in [2.45, 2.75) is 0 Å². The number of phenols is 1. The van der Waals surface area contributed by atoms with Crippen LogP contribution in [0.2, 0.25) is 0 Å². The second-order valence-corrected chi connectivity index (χ2v) is 3.01. The normalized spacial score (nSPS) is 9.93. The standard InChI is InChI=1S/C8H7ClN2O4/c9-3-8(13)4-1-5(10)6(11(14)15)2-7(4)12/h1-2,12H,3,10H2. The monoisotopic (exact) mass is 230 g/mol. The molecule has 1 aromatic carbocycles. The number of hydrogen-bond donors (Lipinski definition) is 2. The third-order valence-electron chi connectivity index (χ3n) is 1.76. The van der Waals surface area contributed by atoms with E-state index >= 15 is 0 Å². The highest BCUT2D eigenvalue weighted by Gasteiger charge is 2.18. The molecule has 0 atom stereocenters. The zero-order valence-electron chi connectivity index (χ0n) is 7.44. The highest BCUT2D eigenvalue weighted by atomic mass is 35.5. The van der Waals surface area contributed by atoms with Gasteiger partial charge < -0.3 is 10.8 Å². The Morgan fingerprint density at radius 1 is 1.60 bits per heavy atom. The van der Waals surface area contributed by atoms with E-state index in [4.69, 9.17) is 17.3 Å². The van der Waals surface area contributed by atoms with Crippen molar-refractivity contribution < 1.29 is 14.8 Å². The van der Waals surface area contributed by atoms with Gasteiger partial charge in [-0.15, -0.1) is 11.6 Å². The lowest BCUT2D eigenvalue weighted by molar-refractivity contribution is -0.384. The van der Waals surface area contributed by atoms with Gasteiger partial charge in [-0.05, 0) is 6.07 Å². The Morgan fingerprint density at radius 2 is 2.20 bits per heavy atom. The molecule has 3 N–H and O–H groups in total. The third kappa shape index (κ3) is 2.16. The van der Waals surface area contributed by atoms with E-state index in [2.05, 4.69) is 0 Å². The van der Waals surface area contributed by atoms with E-state index in [-0.39, 0.29) is 17.1 Å². The van der Waals surface area contributed by atoms with Crippen LogP contribution in [0.4, 0.5) is 11.4 Å². The summed E-state index contributed by atoms with van der Waals surface area (Å²) in [6.45, 7) is 0. The second kappa shape index (κ2) is 4.14. The summed E-state index contributed by atoms with van der Waals surface area (Å²) in [5.41, 5.74) is 4.58. The van der Waals surface area contributed by atoms with Crippen molar-refractivity contribution in [3.8, 4) is 5.75 Å². The maximum atomic E-state index is 11.2. The lowest BCUT2D eigenvalue weighted by Gasteiger charge is -2.03. The summed E-state index contributed by atoms with van der Waals surface area (Å²) in [4.78, 5) is 20.8. The lowest BCUT2D eigenvalue weighted by Crippen LogP contribution is -2.04. The molecule has 15 heavy (non-hydrogen) atoms. The molecule has 0 aliphatic rings. The zero-order valence-corrected chi connectivity index (χ0v) is 8.19. The molecule has 0 fully saturated rings. The van der Waals surface area contributed by atoms with E-state index in [0.29, 0.717) is 0 Å². The molecule has 80 valence electrons. The number of ketones is 1. The van der Waals surface area contributed by atoms with Crippen LogP contribution >= 0.6 is 11.6 Å². The molecule has 7 heteroatoms. The van der Waals surface area contributed by atoms with Crippen LogP contribution in [0.25, 0.3) is 0 Å². The van der Waals surface area contributed by atoms with E-state index < -0.39 is 22.1 Å². The van der Waals surface area contributed by atoms with E-state index in [1.54, 1.807) is 0 Å². The molecule has 0 aromatic heterocycles. The van der Waals surface area contributed by atoms with Gasteiger partial charge in [0.15, 0.2) is 5.78 Å². The maximum absolute atomic E-state index is 11.2. The molecule has 6 nitrogen and oxygen atoms in total. The Hall–Kier alpha value is -1.82. The van der Waals surface area contributed by atoms with Crippen molar-refractivity contribution in [3.05, 3.63) is 27.8 Å². The molecular weight excluding hydrogens is 224 g/mol. The van der Waals surface area contributed by atoms with Crippen LogP contribution in [0.5, 0.6) is 5.75 Å². The molecule has 0 aliphatic carbocycles. The molecule has 0 bridgehead atoms. The van der Waals surface area contributed by atoms with Crippen LogP contribution in [0, 0.1) is 10.1 Å². The summed E-state index contributed by atoms with van der Waals surface area (Å²) < 4.78 is 0. The maximum Gasteiger partial charge on any atom is 0.295 e. The summed E-state index contributed by atoms with van der Waals surface area (Å²) in [6, 6.07) is 1.87. The summed E-state index contributed by atoms with van der Waals surface area (Å²) in [5.74, 6) is -1.37. The number of rotatable bonds is 3. The molecule has 0 saturated heterocycles. The Kier molecular flexibility index (Phi) is 3.11. The predicted molar refractivity (Wildman–Crippen MR) is 54.2 cm³/mol. The molecule has 0 radical (unpaired) electrons. The minimum Gasteiger partial charge on any atom is -0.507 e. The molecule has 1 aromatic rings. The average Bonchev–Trinajstić information content (AvgIpc) is 2.19. The fourth-order valence-electron chi connectivity index (χ4n) is 1.05. The number of carbonyl (C=O) groups excluding carboxylic acids is 1. The van der Waals surface area contributed by atoms with Gasteiger partial charge in [0.25, 0.3) is 5.69 Å². The molecule has 0 spiro atoms. The fraction of sp³-hybridized carbons (Fsp3) is 0.125. The number of halogens is 1. The fourth-order valence-corrected chi connectivity index (χ4v) is 1.19. The lowest BCUT2D eigenvalue weighted by atomic mass is 10.1. The van der Waals surface area contributed by atoms with Crippen molar-refractivity contribution in [2.24, 2.45) is 0 Å². The summed E-state index contributed by atoms with van der Waals surface area (Å²) >= 11 is 5.28. The summed E-state index contributed by atoms with van der Waals surface area (Å²) in [6.07, 6.45) is 0. The van der Waals surface area contributed by atoms with Crippen molar-refractivity contribution in [1.29, 1.82) is 0 Å². The van der Waals surface area contributed by atoms with Gasteiger partial charge in [0, 0.05) is 0 Å². The van der Waals surface area contributed by atoms with E-state index in [0.717, 1.165) is 12.1 Å². The summed E-state index contributed by atoms with van der Waals surface area (Å²) in [7, 11) is 0. The number of hydrogen-bond acceptors (Lipinski definition) is 5. The topological polar surface area (TPSA) is 106 Å². The second-order valence-electron chi connectivity index (χ2n) is 2.74. The van der Waals surface area contributed by atoms with Crippen LogP contribution in [-0.2, 0) is 0 Å². The highest BCUT2D eigenvalue weighted by molar-refractivity contribution is 6.30. The number of benzene rings is 1. The van der Waals surface area contributed by atoms with Crippen molar-refractivity contribution >= 4 is 28.8 Å². The van der Waals surface area contributed by atoms with E-state index in [9.17, 15) is 20.0 Å². The number of nitro benzene ring substituents is 1. The van der Waals surface area contributed by atoms with Gasteiger partial charge in [0.2, 0.25) is 0 Å². The molecule has 0 aliphatic heterocycles. The number of carbonyl (C=O) groups is 1. The number of nitrogens with two attached hydrogens (primary N) is 1. The quantitative estimate of drug-likeness (QED) is 0.203. The SMILES string of the molecule is Nc1cc(C(=O)CCl)c(O)cc1[N+](=O)[O-]. The number of nitro groups is 1. The van der Waals surface area contributed by atoms with Gasteiger partial charge in [0.1, 0.15) is 11.4 Å². The number of anilines is 1. The Labute approximate surface area is 89.4 Å². The average molecular weight is 231 g/mol. The molecular formula is C8H7ClN2O4. The first-order valence-electron chi connectivity index (χ1n) is 3.83. The number of aromatic hydroxyl groups is 1. The highest BCUT2D eigenvalue weighted by Crippen LogP contribution is 2.30. The van der Waals surface area contributed by atoms with Gasteiger partial charge in [-0.25, -0.2) is 0 Å². The van der Waals surface area contributed by atoms with Crippen molar-refractivity contribution in [3.63, 3.8) is 0 Å². The first-order chi connectivity index (χ1) is 6.97. The largest absolute Gasteiger partial charge is 0.507 e. The van der Waals surface area contributed by atoms with Crippen LogP contribution in [-0.4, -0.2) is 21.7 Å². The number of nitrogen functional groups attached to an aromatic ring is 1. The Bertz CT molecular complexity index is 433. The molecule has 0 saturated carbocycles.